The van der Waals surface area contributed by atoms with Gasteiger partial charge in [0.05, 0.1) is 77.3 Å². The summed E-state index contributed by atoms with van der Waals surface area (Å²) < 4.78 is 44.8. The lowest BCUT2D eigenvalue weighted by Gasteiger charge is -2.26. The second kappa shape index (κ2) is 17.7. The third kappa shape index (κ3) is 9.41. The number of fused-ring (bicyclic) bond motifs is 2. The van der Waals surface area contributed by atoms with E-state index in [1.165, 1.54) is 20.9 Å². The van der Waals surface area contributed by atoms with Gasteiger partial charge in [-0.2, -0.15) is 0 Å². The number of methoxy groups -OCH3 is 4. The fraction of sp³-hybridized carbons (Fsp3) is 0.471. The summed E-state index contributed by atoms with van der Waals surface area (Å²) in [7, 11) is 6.58. The maximum atomic E-state index is 5.88. The van der Waals surface area contributed by atoms with E-state index in [0.29, 0.717) is 26.4 Å². The molecule has 256 valence electrons. The summed E-state index contributed by atoms with van der Waals surface area (Å²) >= 11 is 3.34. The van der Waals surface area contributed by atoms with Crippen LogP contribution in [0.15, 0.2) is 35.3 Å². The zero-order chi connectivity index (χ0) is 32.5. The van der Waals surface area contributed by atoms with Crippen LogP contribution in [-0.2, 0) is 57.8 Å². The Morgan fingerprint density at radius 3 is 1.30 bits per heavy atom. The zero-order valence-corrected chi connectivity index (χ0v) is 29.4. The molecular weight excluding hydrogens is 645 g/mol. The molecule has 2 atom stereocenters. The minimum atomic E-state index is -0.214. The Balaban J connectivity index is 0.000000208. The number of hydrogen-bond donors (Lipinski definition) is 0. The highest BCUT2D eigenvalue weighted by Crippen LogP contribution is 2.35. The van der Waals surface area contributed by atoms with Crippen LogP contribution in [0.3, 0.4) is 0 Å². The molecule has 0 saturated carbocycles. The molecule has 2 N–H and O–H groups in total. The van der Waals surface area contributed by atoms with Crippen LogP contribution < -0.4 is 18.9 Å². The highest BCUT2D eigenvalue weighted by molar-refractivity contribution is 7.10. The van der Waals surface area contributed by atoms with Gasteiger partial charge in [-0.05, 0) is 60.4 Å². The van der Waals surface area contributed by atoms with Gasteiger partial charge in [0.15, 0.2) is 35.6 Å². The van der Waals surface area contributed by atoms with Crippen molar-refractivity contribution >= 4 is 22.7 Å². The maximum absolute atomic E-state index is 5.88. The second-order valence-electron chi connectivity index (χ2n) is 10.8. The molecule has 0 amide bonds. The van der Waals surface area contributed by atoms with Crippen molar-refractivity contribution in [2.75, 3.05) is 41.7 Å². The molecular formula is C34H44N2O9S2. The molecule has 2 aromatic heterocycles. The van der Waals surface area contributed by atoms with Crippen molar-refractivity contribution in [3.8, 4) is 23.0 Å². The van der Waals surface area contributed by atoms with E-state index >= 15 is 0 Å². The van der Waals surface area contributed by atoms with Gasteiger partial charge in [0.25, 0.3) is 0 Å². The number of aromatic nitrogens is 2. The predicted molar refractivity (Wildman–Crippen MR) is 180 cm³/mol. The van der Waals surface area contributed by atoms with Crippen molar-refractivity contribution in [2.45, 2.75) is 65.3 Å². The molecule has 2 unspecified atom stereocenters. The summed E-state index contributed by atoms with van der Waals surface area (Å²) in [4.78, 5) is 11.0. The molecule has 0 spiro atoms. The van der Waals surface area contributed by atoms with Crippen LogP contribution >= 0.6 is 22.7 Å². The standard InChI is InChI=1S/2C17H21NO4S.H2O/c2*1-11-16(23-10-18-11)4-5-21-17-8-12-6-14(19-2)15(20-3)7-13(12)9-22-17;/h2*6-7,10,17H,4-5,8-9H2,1-3H3;1H2. The Morgan fingerprint density at radius 1 is 0.617 bits per heavy atom. The molecule has 0 bridgehead atoms. The molecule has 4 heterocycles. The lowest BCUT2D eigenvalue weighted by atomic mass is 10.0. The number of benzene rings is 2. The molecule has 4 aromatic rings. The molecule has 0 aliphatic carbocycles. The topological polar surface area (TPSA) is 131 Å². The Morgan fingerprint density at radius 2 is 0.979 bits per heavy atom. The van der Waals surface area contributed by atoms with Crippen LogP contribution in [0.4, 0.5) is 0 Å². The summed E-state index contributed by atoms with van der Waals surface area (Å²) in [5, 5.41) is 0. The van der Waals surface area contributed by atoms with E-state index in [9.17, 15) is 0 Å². The second-order valence-corrected chi connectivity index (χ2v) is 12.7. The smallest absolute Gasteiger partial charge is 0.162 e. The van der Waals surface area contributed by atoms with Gasteiger partial charge < -0.3 is 43.4 Å². The summed E-state index contributed by atoms with van der Waals surface area (Å²) in [6, 6.07) is 7.98. The number of hydrogen-bond acceptors (Lipinski definition) is 12. The average Bonchev–Trinajstić information content (AvgIpc) is 3.69. The van der Waals surface area contributed by atoms with E-state index < -0.39 is 0 Å². The van der Waals surface area contributed by atoms with Crippen molar-refractivity contribution in [3.05, 3.63) is 78.7 Å². The van der Waals surface area contributed by atoms with Gasteiger partial charge in [0.1, 0.15) is 0 Å². The van der Waals surface area contributed by atoms with Gasteiger partial charge in [-0.1, -0.05) is 0 Å². The predicted octanol–water partition coefficient (Wildman–Crippen LogP) is 5.43. The van der Waals surface area contributed by atoms with Gasteiger partial charge in [-0.3, -0.25) is 0 Å². The van der Waals surface area contributed by atoms with E-state index in [1.54, 1.807) is 51.1 Å². The fourth-order valence-electron chi connectivity index (χ4n) is 5.33. The van der Waals surface area contributed by atoms with E-state index in [0.717, 1.165) is 71.2 Å². The molecule has 6 rings (SSSR count). The summed E-state index contributed by atoms with van der Waals surface area (Å²) in [6.45, 7) is 6.38. The highest BCUT2D eigenvalue weighted by atomic mass is 32.1. The first kappa shape index (κ1) is 36.5. The van der Waals surface area contributed by atoms with Crippen LogP contribution in [0.2, 0.25) is 0 Å². The molecule has 2 aliphatic heterocycles. The van der Waals surface area contributed by atoms with E-state index in [4.69, 9.17) is 37.9 Å². The molecule has 47 heavy (non-hydrogen) atoms. The van der Waals surface area contributed by atoms with Crippen LogP contribution in [0.1, 0.15) is 43.4 Å². The molecule has 13 heteroatoms. The number of nitrogens with zero attached hydrogens (tertiary/aromatic N) is 2. The molecule has 0 saturated heterocycles. The Labute approximate surface area is 284 Å². The summed E-state index contributed by atoms with van der Waals surface area (Å²) in [5.74, 6) is 2.95. The van der Waals surface area contributed by atoms with Crippen molar-refractivity contribution in [1.29, 1.82) is 0 Å². The summed E-state index contributed by atoms with van der Waals surface area (Å²) in [5.41, 5.74) is 10.5. The number of ether oxygens (including phenoxy) is 8. The monoisotopic (exact) mass is 688 g/mol. The number of rotatable bonds is 12. The Bertz CT molecular complexity index is 1460. The molecule has 2 aromatic carbocycles. The number of thiazole rings is 2. The van der Waals surface area contributed by atoms with Crippen LogP contribution in [0.5, 0.6) is 23.0 Å². The van der Waals surface area contributed by atoms with E-state index in [1.807, 2.05) is 49.1 Å². The van der Waals surface area contributed by atoms with Crippen molar-refractivity contribution in [1.82, 2.24) is 9.97 Å². The van der Waals surface area contributed by atoms with Gasteiger partial charge in [-0.25, -0.2) is 9.97 Å². The molecule has 0 radical (unpaired) electrons. The molecule has 0 fully saturated rings. The van der Waals surface area contributed by atoms with Gasteiger partial charge in [-0.15, -0.1) is 22.7 Å². The third-order valence-corrected chi connectivity index (χ3v) is 9.98. The van der Waals surface area contributed by atoms with E-state index in [2.05, 4.69) is 9.97 Å². The summed E-state index contributed by atoms with van der Waals surface area (Å²) in [6.07, 6.45) is 2.75. The first-order valence-corrected chi connectivity index (χ1v) is 16.9. The van der Waals surface area contributed by atoms with Crippen molar-refractivity contribution < 1.29 is 43.4 Å². The average molecular weight is 689 g/mol. The first-order valence-electron chi connectivity index (χ1n) is 15.1. The lowest BCUT2D eigenvalue weighted by Crippen LogP contribution is -2.26. The number of aryl methyl sites for hydroxylation is 2. The lowest BCUT2D eigenvalue weighted by molar-refractivity contribution is -0.155. The van der Waals surface area contributed by atoms with Crippen LogP contribution in [0, 0.1) is 13.8 Å². The van der Waals surface area contributed by atoms with Gasteiger partial charge in [0.2, 0.25) is 0 Å². The first-order chi connectivity index (χ1) is 22.4. The zero-order valence-electron chi connectivity index (χ0n) is 27.8. The fourth-order valence-corrected chi connectivity index (χ4v) is 6.86. The Kier molecular flexibility index (Phi) is 13.8. The normalized spacial score (nSPS) is 16.6. The highest BCUT2D eigenvalue weighted by Gasteiger charge is 2.23. The largest absolute Gasteiger partial charge is 0.493 e. The van der Waals surface area contributed by atoms with Crippen molar-refractivity contribution in [3.63, 3.8) is 0 Å². The maximum Gasteiger partial charge on any atom is 0.162 e. The molecule has 11 nitrogen and oxygen atoms in total. The Hall–Kier alpha value is -3.30. The van der Waals surface area contributed by atoms with Gasteiger partial charge >= 0.3 is 0 Å². The third-order valence-electron chi connectivity index (χ3n) is 7.99. The quantitative estimate of drug-likeness (QED) is 0.190. The SMILES string of the molecule is COc1cc2c(cc1OC)CC(OCCc1scnc1C)OC2.COc1cc2c(cc1OC)CC(OCCc1scnc1C)OC2.O. The van der Waals surface area contributed by atoms with Crippen LogP contribution in [0.25, 0.3) is 0 Å². The molecule has 2 aliphatic rings. The minimum absolute atomic E-state index is 0. The van der Waals surface area contributed by atoms with Gasteiger partial charge in [0, 0.05) is 35.4 Å². The minimum Gasteiger partial charge on any atom is -0.493 e. The van der Waals surface area contributed by atoms with Crippen LogP contribution in [-0.4, -0.2) is 69.7 Å². The van der Waals surface area contributed by atoms with E-state index in [-0.39, 0.29) is 18.1 Å². The van der Waals surface area contributed by atoms with Crippen molar-refractivity contribution in [2.24, 2.45) is 0 Å².